The van der Waals surface area contributed by atoms with Crippen molar-refractivity contribution in [2.75, 3.05) is 12.9 Å². The molecule has 1 atom stereocenters. The lowest BCUT2D eigenvalue weighted by Crippen LogP contribution is -2.17. The molecule has 1 aromatic rings. The van der Waals surface area contributed by atoms with Gasteiger partial charge in [0.15, 0.2) is 0 Å². The third kappa shape index (κ3) is 7.63. The van der Waals surface area contributed by atoms with Crippen LogP contribution >= 0.6 is 0 Å². The fraction of sp³-hybridized carbons (Fsp3) is 0.538. The van der Waals surface area contributed by atoms with Gasteiger partial charge in [0.05, 0.1) is 22.4 Å². The van der Waals surface area contributed by atoms with Gasteiger partial charge in [0.25, 0.3) is 10.1 Å². The zero-order valence-corrected chi connectivity index (χ0v) is 13.4. The van der Waals surface area contributed by atoms with Crippen LogP contribution in [0, 0.1) is 0 Å². The Morgan fingerprint density at radius 2 is 1.89 bits per heavy atom. The third-order valence-corrected chi connectivity index (χ3v) is 5.46. The highest BCUT2D eigenvalue weighted by molar-refractivity contribution is 7.85. The Morgan fingerprint density at radius 1 is 1.22 bits per heavy atom. The molecule has 1 aromatic carbocycles. The van der Waals surface area contributed by atoms with Crippen LogP contribution < -0.4 is 5.19 Å². The second kappa shape index (κ2) is 7.71. The molecule has 0 aliphatic heterocycles. The second-order valence-corrected chi connectivity index (χ2v) is 9.08. The molecule has 0 saturated heterocycles. The zero-order chi connectivity index (χ0) is 13.4. The Bertz CT molecular complexity index is 431. The highest BCUT2D eigenvalue weighted by Gasteiger charge is 2.05. The molecule has 0 fully saturated rings. The predicted octanol–water partition coefficient (Wildman–Crippen LogP) is 1.44. The number of benzene rings is 1. The van der Waals surface area contributed by atoms with Crippen molar-refractivity contribution in [3.63, 3.8) is 0 Å². The average Bonchev–Trinajstić information content (AvgIpc) is 2.28. The number of hydrogen-bond donors (Lipinski definition) is 0. The van der Waals surface area contributed by atoms with Crippen LogP contribution in [0.4, 0.5) is 0 Å². The van der Waals surface area contributed by atoms with Crippen molar-refractivity contribution in [2.45, 2.75) is 31.7 Å². The Kier molecular flexibility index (Phi) is 6.60. The van der Waals surface area contributed by atoms with Crippen molar-refractivity contribution < 1.29 is 12.6 Å². The first-order valence-corrected chi connectivity index (χ1v) is 9.70. The minimum atomic E-state index is -3.26. The summed E-state index contributed by atoms with van der Waals surface area (Å²) in [6.07, 6.45) is 4.11. The van der Waals surface area contributed by atoms with Crippen LogP contribution in [-0.2, 0) is 14.3 Å². The maximum absolute atomic E-state index is 10.8. The second-order valence-electron chi connectivity index (χ2n) is 4.82. The molecular weight excluding hydrogens is 264 g/mol. The molecule has 0 aromatic heterocycles. The number of unbranched alkanes of at least 4 members (excludes halogenated alkanes) is 1. The van der Waals surface area contributed by atoms with E-state index in [0.29, 0.717) is 6.61 Å². The first kappa shape index (κ1) is 15.4. The van der Waals surface area contributed by atoms with Gasteiger partial charge in [-0.05, 0) is 12.0 Å². The Morgan fingerprint density at radius 3 is 2.50 bits per heavy atom. The molecule has 1 rings (SSSR count). The van der Waals surface area contributed by atoms with E-state index in [1.165, 1.54) is 5.19 Å². The van der Waals surface area contributed by atoms with E-state index >= 15 is 0 Å². The van der Waals surface area contributed by atoms with Crippen LogP contribution in [0.2, 0.25) is 5.54 Å². The summed E-state index contributed by atoms with van der Waals surface area (Å²) >= 11 is 0. The molecule has 102 valence electrons. The standard InChI is InChI=1S/C13H22O3SSi/c1-12(18-13-9-4-3-5-10-13)8-6-7-11-16-17(2,14)15/h3-5,9-10,12H,6-8,11,18H2,1-2H3. The summed E-state index contributed by atoms with van der Waals surface area (Å²) in [6.45, 7) is 2.61. The van der Waals surface area contributed by atoms with Crippen LogP contribution in [0.3, 0.4) is 0 Å². The maximum Gasteiger partial charge on any atom is 0.264 e. The highest BCUT2D eigenvalue weighted by Crippen LogP contribution is 2.12. The fourth-order valence-electron chi connectivity index (χ4n) is 1.92. The van der Waals surface area contributed by atoms with Crippen LogP contribution in [0.1, 0.15) is 26.2 Å². The fourth-order valence-corrected chi connectivity index (χ4v) is 4.19. The lowest BCUT2D eigenvalue weighted by molar-refractivity contribution is 0.310. The molecular formula is C13H22O3SSi. The number of rotatable bonds is 8. The van der Waals surface area contributed by atoms with Gasteiger partial charge in [-0.3, -0.25) is 4.18 Å². The molecule has 0 radical (unpaired) electrons. The molecule has 3 nitrogen and oxygen atoms in total. The summed E-state index contributed by atoms with van der Waals surface area (Å²) in [5, 5.41) is 1.50. The van der Waals surface area contributed by atoms with Crippen LogP contribution in [0.25, 0.3) is 0 Å². The van der Waals surface area contributed by atoms with E-state index < -0.39 is 10.1 Å². The maximum atomic E-state index is 10.8. The van der Waals surface area contributed by atoms with E-state index in [4.69, 9.17) is 4.18 Å². The van der Waals surface area contributed by atoms with E-state index in [0.717, 1.165) is 31.1 Å². The zero-order valence-electron chi connectivity index (χ0n) is 11.1. The molecule has 0 amide bonds. The van der Waals surface area contributed by atoms with Crippen LogP contribution in [0.5, 0.6) is 0 Å². The van der Waals surface area contributed by atoms with Crippen molar-refractivity contribution in [3.8, 4) is 0 Å². The van der Waals surface area contributed by atoms with Gasteiger partial charge < -0.3 is 0 Å². The third-order valence-electron chi connectivity index (χ3n) is 2.82. The van der Waals surface area contributed by atoms with Gasteiger partial charge >= 0.3 is 0 Å². The van der Waals surface area contributed by atoms with E-state index in [-0.39, 0.29) is 9.52 Å². The quantitative estimate of drug-likeness (QED) is 0.412. The topological polar surface area (TPSA) is 43.4 Å². The van der Waals surface area contributed by atoms with Gasteiger partial charge in [0.2, 0.25) is 0 Å². The van der Waals surface area contributed by atoms with E-state index in [9.17, 15) is 8.42 Å². The normalized spacial score (nSPS) is 14.1. The molecule has 18 heavy (non-hydrogen) atoms. The summed E-state index contributed by atoms with van der Waals surface area (Å²) in [5.74, 6) is 0. The molecule has 0 saturated carbocycles. The summed E-state index contributed by atoms with van der Waals surface area (Å²) in [6, 6.07) is 10.6. The number of hydrogen-bond acceptors (Lipinski definition) is 3. The Hall–Kier alpha value is -0.653. The van der Waals surface area contributed by atoms with Crippen molar-refractivity contribution in [3.05, 3.63) is 30.3 Å². The van der Waals surface area contributed by atoms with Gasteiger partial charge in [-0.15, -0.1) is 0 Å². The first-order chi connectivity index (χ1) is 8.47. The van der Waals surface area contributed by atoms with Gasteiger partial charge in [-0.1, -0.05) is 55.3 Å². The summed E-state index contributed by atoms with van der Waals surface area (Å²) in [7, 11) is -3.47. The predicted molar refractivity (Wildman–Crippen MR) is 78.7 cm³/mol. The molecule has 0 aliphatic carbocycles. The van der Waals surface area contributed by atoms with Crippen molar-refractivity contribution in [1.82, 2.24) is 0 Å². The Balaban J connectivity index is 2.12. The lowest BCUT2D eigenvalue weighted by Gasteiger charge is -2.10. The molecule has 5 heteroatoms. The van der Waals surface area contributed by atoms with E-state index in [2.05, 4.69) is 31.2 Å². The van der Waals surface area contributed by atoms with Crippen molar-refractivity contribution in [2.24, 2.45) is 0 Å². The molecule has 0 heterocycles. The van der Waals surface area contributed by atoms with Gasteiger partial charge in [-0.25, -0.2) is 0 Å². The molecule has 1 unspecified atom stereocenters. The first-order valence-electron chi connectivity index (χ1n) is 6.36. The largest absolute Gasteiger partial charge is 0.270 e. The smallest absolute Gasteiger partial charge is 0.264 e. The summed E-state index contributed by atoms with van der Waals surface area (Å²) < 4.78 is 26.2. The average molecular weight is 286 g/mol. The van der Waals surface area contributed by atoms with Crippen molar-refractivity contribution in [1.29, 1.82) is 0 Å². The summed E-state index contributed by atoms with van der Waals surface area (Å²) in [4.78, 5) is 0. The van der Waals surface area contributed by atoms with Gasteiger partial charge in [0, 0.05) is 0 Å². The van der Waals surface area contributed by atoms with Gasteiger partial charge in [0.1, 0.15) is 0 Å². The lowest BCUT2D eigenvalue weighted by atomic mass is 10.2. The van der Waals surface area contributed by atoms with Gasteiger partial charge in [-0.2, -0.15) is 8.42 Å². The minimum Gasteiger partial charge on any atom is -0.270 e. The molecule has 0 aliphatic rings. The van der Waals surface area contributed by atoms with E-state index in [1.54, 1.807) is 0 Å². The van der Waals surface area contributed by atoms with Crippen LogP contribution in [-0.4, -0.2) is 30.8 Å². The van der Waals surface area contributed by atoms with Crippen LogP contribution in [0.15, 0.2) is 30.3 Å². The molecule has 0 spiro atoms. The molecule has 0 bridgehead atoms. The molecule has 0 N–H and O–H groups in total. The highest BCUT2D eigenvalue weighted by atomic mass is 32.2. The van der Waals surface area contributed by atoms with Crippen molar-refractivity contribution >= 4 is 24.8 Å². The SMILES string of the molecule is CC(CCCCOS(C)(=O)=O)[SiH2]c1ccccc1. The Labute approximate surface area is 113 Å². The monoisotopic (exact) mass is 286 g/mol. The summed E-state index contributed by atoms with van der Waals surface area (Å²) in [5.41, 5.74) is 0.755. The van der Waals surface area contributed by atoms with E-state index in [1.807, 2.05) is 6.07 Å². The minimum absolute atomic E-state index is 0.208.